The van der Waals surface area contributed by atoms with Crippen molar-refractivity contribution < 1.29 is 24.1 Å². The molecule has 0 unspecified atom stereocenters. The molecule has 0 saturated heterocycles. The number of methoxy groups -OCH3 is 1. The fraction of sp³-hybridized carbons (Fsp3) is 0.304. The summed E-state index contributed by atoms with van der Waals surface area (Å²) in [5, 5.41) is 12.6. The standard InChI is InChI=1S/C23H26N4O5/c1-31-19-14-12-18(13-15-19)27(22(29)11-7-3-6-10-21(28)25-30)16-20-24-23(32-26-20)17-8-4-2-5-9-17/h2,4-5,8-9,12-15,30H,3,6-7,10-11,16H2,1H3,(H,25,28). The van der Waals surface area contributed by atoms with Crippen LogP contribution >= 0.6 is 0 Å². The van der Waals surface area contributed by atoms with Gasteiger partial charge in [-0.2, -0.15) is 4.98 Å². The third-order valence-corrected chi connectivity index (χ3v) is 4.89. The average Bonchev–Trinajstić information content (AvgIpc) is 3.31. The number of nitrogens with zero attached hydrogens (tertiary/aromatic N) is 3. The lowest BCUT2D eigenvalue weighted by molar-refractivity contribution is -0.129. The summed E-state index contributed by atoms with van der Waals surface area (Å²) in [7, 11) is 1.58. The number of carbonyl (C=O) groups excluding carboxylic acids is 2. The van der Waals surface area contributed by atoms with Crippen LogP contribution in [0.1, 0.15) is 37.9 Å². The number of hydrogen-bond donors (Lipinski definition) is 2. The molecule has 1 aromatic heterocycles. The Morgan fingerprint density at radius 2 is 1.75 bits per heavy atom. The van der Waals surface area contributed by atoms with Gasteiger partial charge in [-0.1, -0.05) is 29.8 Å². The number of anilines is 1. The summed E-state index contributed by atoms with van der Waals surface area (Å²) in [5.74, 6) is 0.960. The van der Waals surface area contributed by atoms with E-state index in [0.29, 0.717) is 48.8 Å². The van der Waals surface area contributed by atoms with Crippen molar-refractivity contribution in [1.82, 2.24) is 15.6 Å². The summed E-state index contributed by atoms with van der Waals surface area (Å²) in [4.78, 5) is 30.2. The van der Waals surface area contributed by atoms with Gasteiger partial charge in [0.1, 0.15) is 5.75 Å². The number of hydrogen-bond acceptors (Lipinski definition) is 7. The first-order chi connectivity index (χ1) is 15.6. The predicted molar refractivity (Wildman–Crippen MR) is 117 cm³/mol. The molecule has 0 radical (unpaired) electrons. The zero-order chi connectivity index (χ0) is 22.8. The molecule has 2 amide bonds. The van der Waals surface area contributed by atoms with Crippen LogP contribution in [-0.2, 0) is 16.1 Å². The zero-order valence-electron chi connectivity index (χ0n) is 17.9. The van der Waals surface area contributed by atoms with Crippen LogP contribution in [0.4, 0.5) is 5.69 Å². The summed E-state index contributed by atoms with van der Waals surface area (Å²) in [5.41, 5.74) is 3.11. The van der Waals surface area contributed by atoms with E-state index in [0.717, 1.165) is 5.56 Å². The van der Waals surface area contributed by atoms with Crippen molar-refractivity contribution in [3.05, 3.63) is 60.4 Å². The van der Waals surface area contributed by atoms with Gasteiger partial charge in [0.25, 0.3) is 5.89 Å². The van der Waals surface area contributed by atoms with Gasteiger partial charge in [-0.15, -0.1) is 0 Å². The second-order valence-corrected chi connectivity index (χ2v) is 7.16. The highest BCUT2D eigenvalue weighted by Gasteiger charge is 2.19. The van der Waals surface area contributed by atoms with Gasteiger partial charge in [0.15, 0.2) is 5.82 Å². The van der Waals surface area contributed by atoms with Crippen LogP contribution in [-0.4, -0.2) is 34.3 Å². The minimum atomic E-state index is -0.428. The van der Waals surface area contributed by atoms with E-state index >= 15 is 0 Å². The molecular weight excluding hydrogens is 412 g/mol. The van der Waals surface area contributed by atoms with E-state index < -0.39 is 5.91 Å². The Bertz CT molecular complexity index is 1000. The van der Waals surface area contributed by atoms with Crippen LogP contribution < -0.4 is 15.1 Å². The summed E-state index contributed by atoms with van der Waals surface area (Å²) in [6.45, 7) is 0.161. The van der Waals surface area contributed by atoms with Crippen LogP contribution in [0.5, 0.6) is 5.75 Å². The minimum Gasteiger partial charge on any atom is -0.497 e. The van der Waals surface area contributed by atoms with Crippen molar-refractivity contribution in [3.8, 4) is 17.2 Å². The van der Waals surface area contributed by atoms with E-state index in [1.54, 1.807) is 41.8 Å². The molecule has 3 aromatic rings. The number of unbranched alkanes of at least 4 members (excludes halogenated alkanes) is 2. The largest absolute Gasteiger partial charge is 0.497 e. The molecule has 9 nitrogen and oxygen atoms in total. The lowest BCUT2D eigenvalue weighted by Gasteiger charge is -2.21. The van der Waals surface area contributed by atoms with Crippen molar-refractivity contribution in [3.63, 3.8) is 0 Å². The first-order valence-corrected chi connectivity index (χ1v) is 10.4. The maximum Gasteiger partial charge on any atom is 0.257 e. The fourth-order valence-corrected chi connectivity index (χ4v) is 3.17. The van der Waals surface area contributed by atoms with Crippen molar-refractivity contribution in [2.75, 3.05) is 12.0 Å². The van der Waals surface area contributed by atoms with E-state index in [1.165, 1.54) is 0 Å². The van der Waals surface area contributed by atoms with Crippen LogP contribution in [0.2, 0.25) is 0 Å². The van der Waals surface area contributed by atoms with Gasteiger partial charge >= 0.3 is 0 Å². The second kappa shape index (κ2) is 11.6. The molecule has 0 atom stereocenters. The van der Waals surface area contributed by atoms with Crippen LogP contribution in [0.3, 0.4) is 0 Å². The Labute approximate surface area is 186 Å². The maximum atomic E-state index is 13.0. The zero-order valence-corrected chi connectivity index (χ0v) is 17.9. The van der Waals surface area contributed by atoms with Crippen molar-refractivity contribution in [2.45, 2.75) is 38.6 Å². The first kappa shape index (κ1) is 23.0. The molecule has 0 saturated carbocycles. The highest BCUT2D eigenvalue weighted by molar-refractivity contribution is 5.93. The molecule has 0 bridgehead atoms. The minimum absolute atomic E-state index is 0.0900. The summed E-state index contributed by atoms with van der Waals surface area (Å²) >= 11 is 0. The Morgan fingerprint density at radius 3 is 2.44 bits per heavy atom. The smallest absolute Gasteiger partial charge is 0.257 e. The van der Waals surface area contributed by atoms with Gasteiger partial charge in [0.05, 0.1) is 13.7 Å². The van der Waals surface area contributed by atoms with E-state index in [4.69, 9.17) is 14.5 Å². The summed E-state index contributed by atoms with van der Waals surface area (Å²) < 4.78 is 10.6. The Hall–Kier alpha value is -3.72. The first-order valence-electron chi connectivity index (χ1n) is 10.4. The SMILES string of the molecule is COc1ccc(N(Cc2noc(-c3ccccc3)n2)C(=O)CCCCCC(=O)NO)cc1. The third kappa shape index (κ3) is 6.39. The van der Waals surface area contributed by atoms with Gasteiger partial charge in [-0.25, -0.2) is 5.48 Å². The number of amides is 2. The molecule has 2 N–H and O–H groups in total. The topological polar surface area (TPSA) is 118 Å². The molecule has 0 fully saturated rings. The number of hydroxylamine groups is 1. The highest BCUT2D eigenvalue weighted by Crippen LogP contribution is 2.23. The van der Waals surface area contributed by atoms with Crippen molar-refractivity contribution in [1.29, 1.82) is 0 Å². The van der Waals surface area contributed by atoms with E-state index in [2.05, 4.69) is 10.1 Å². The van der Waals surface area contributed by atoms with Gasteiger partial charge in [0.2, 0.25) is 11.8 Å². The monoisotopic (exact) mass is 438 g/mol. The Kier molecular flexibility index (Phi) is 8.33. The Morgan fingerprint density at radius 1 is 1.03 bits per heavy atom. The number of rotatable bonds is 11. The van der Waals surface area contributed by atoms with E-state index in [-0.39, 0.29) is 18.9 Å². The molecule has 0 aliphatic heterocycles. The fourth-order valence-electron chi connectivity index (χ4n) is 3.17. The van der Waals surface area contributed by atoms with Crippen LogP contribution in [0.15, 0.2) is 59.1 Å². The molecule has 168 valence electrons. The van der Waals surface area contributed by atoms with Gasteiger partial charge in [0, 0.05) is 24.1 Å². The quantitative estimate of drug-likeness (QED) is 0.266. The van der Waals surface area contributed by atoms with E-state index in [1.807, 2.05) is 30.3 Å². The van der Waals surface area contributed by atoms with Crippen molar-refractivity contribution >= 4 is 17.5 Å². The van der Waals surface area contributed by atoms with E-state index in [9.17, 15) is 9.59 Å². The molecule has 1 heterocycles. The summed E-state index contributed by atoms with van der Waals surface area (Å²) in [6, 6.07) is 16.6. The molecule has 0 aliphatic rings. The molecule has 3 rings (SSSR count). The lowest BCUT2D eigenvalue weighted by atomic mass is 10.1. The molecule has 0 spiro atoms. The molecule has 0 aliphatic carbocycles. The normalized spacial score (nSPS) is 10.6. The molecule has 32 heavy (non-hydrogen) atoms. The van der Waals surface area contributed by atoms with Gasteiger partial charge in [-0.3, -0.25) is 14.8 Å². The Balaban J connectivity index is 1.69. The third-order valence-electron chi connectivity index (χ3n) is 4.89. The number of benzene rings is 2. The maximum absolute atomic E-state index is 13.0. The number of ether oxygens (including phenoxy) is 1. The van der Waals surface area contributed by atoms with Crippen molar-refractivity contribution in [2.24, 2.45) is 0 Å². The number of nitrogens with one attached hydrogen (secondary N) is 1. The van der Waals surface area contributed by atoms with Crippen LogP contribution in [0, 0.1) is 0 Å². The summed E-state index contributed by atoms with van der Waals surface area (Å²) in [6.07, 6.45) is 2.42. The molecular formula is C23H26N4O5. The van der Waals surface area contributed by atoms with Crippen LogP contribution in [0.25, 0.3) is 11.5 Å². The average molecular weight is 438 g/mol. The molecule has 2 aromatic carbocycles. The molecule has 9 heteroatoms. The lowest BCUT2D eigenvalue weighted by Crippen LogP contribution is -2.30. The van der Waals surface area contributed by atoms with Gasteiger partial charge < -0.3 is 14.2 Å². The predicted octanol–water partition coefficient (Wildman–Crippen LogP) is 3.73. The highest BCUT2D eigenvalue weighted by atomic mass is 16.5. The van der Waals surface area contributed by atoms with Gasteiger partial charge in [-0.05, 0) is 49.2 Å². The number of carbonyl (C=O) groups is 2. The second-order valence-electron chi connectivity index (χ2n) is 7.16. The number of aromatic nitrogens is 2.